The van der Waals surface area contributed by atoms with Crippen molar-refractivity contribution in [2.75, 3.05) is 13.6 Å². The van der Waals surface area contributed by atoms with Crippen molar-refractivity contribution in [1.29, 1.82) is 0 Å². The fourth-order valence-electron chi connectivity index (χ4n) is 1.30. The summed E-state index contributed by atoms with van der Waals surface area (Å²) in [7, 11) is 1.56. The maximum absolute atomic E-state index is 13.5. The van der Waals surface area contributed by atoms with Gasteiger partial charge in [0.25, 0.3) is 0 Å². The van der Waals surface area contributed by atoms with Crippen molar-refractivity contribution in [1.82, 2.24) is 10.6 Å². The first-order chi connectivity index (χ1) is 7.54. The summed E-state index contributed by atoms with van der Waals surface area (Å²) in [5, 5.41) is 5.44. The number of amides is 1. The molecule has 1 rings (SSSR count). The van der Waals surface area contributed by atoms with E-state index in [0.717, 1.165) is 0 Å². The maximum Gasteiger partial charge on any atom is 0.233 e. The van der Waals surface area contributed by atoms with Crippen molar-refractivity contribution >= 4 is 21.8 Å². The SMILES string of the molecule is CNC(=O)CNC(C)c1ccc(Br)cc1F. The minimum Gasteiger partial charge on any atom is -0.358 e. The van der Waals surface area contributed by atoms with Crippen LogP contribution < -0.4 is 10.6 Å². The van der Waals surface area contributed by atoms with Crippen LogP contribution in [0.5, 0.6) is 0 Å². The molecule has 0 aromatic heterocycles. The summed E-state index contributed by atoms with van der Waals surface area (Å²) < 4.78 is 14.2. The van der Waals surface area contributed by atoms with Crippen LogP contribution in [0.3, 0.4) is 0 Å². The summed E-state index contributed by atoms with van der Waals surface area (Å²) >= 11 is 3.19. The first kappa shape index (κ1) is 13.1. The molecule has 1 unspecified atom stereocenters. The Morgan fingerprint density at radius 2 is 2.25 bits per heavy atom. The lowest BCUT2D eigenvalue weighted by Gasteiger charge is -2.14. The summed E-state index contributed by atoms with van der Waals surface area (Å²) in [4.78, 5) is 11.0. The Balaban J connectivity index is 2.65. The molecule has 0 aliphatic heterocycles. The number of halogens is 2. The molecule has 1 aromatic carbocycles. The monoisotopic (exact) mass is 288 g/mol. The molecule has 0 saturated carbocycles. The molecular weight excluding hydrogens is 275 g/mol. The average Bonchev–Trinajstić information content (AvgIpc) is 2.25. The van der Waals surface area contributed by atoms with Crippen LogP contribution >= 0.6 is 15.9 Å². The standard InChI is InChI=1S/C11H14BrFN2O/c1-7(15-6-11(16)14-2)9-4-3-8(12)5-10(9)13/h3-5,7,15H,6H2,1-2H3,(H,14,16). The highest BCUT2D eigenvalue weighted by Crippen LogP contribution is 2.20. The van der Waals surface area contributed by atoms with Crippen molar-refractivity contribution in [3.63, 3.8) is 0 Å². The van der Waals surface area contributed by atoms with Crippen LogP contribution in [0.2, 0.25) is 0 Å². The fraction of sp³-hybridized carbons (Fsp3) is 0.364. The number of likely N-dealkylation sites (N-methyl/N-ethyl adjacent to an activating group) is 1. The van der Waals surface area contributed by atoms with Crippen LogP contribution in [0, 0.1) is 5.82 Å². The van der Waals surface area contributed by atoms with E-state index >= 15 is 0 Å². The Kier molecular flexibility index (Phi) is 4.89. The predicted octanol–water partition coefficient (Wildman–Crippen LogP) is 1.98. The molecule has 0 spiro atoms. The zero-order valence-corrected chi connectivity index (χ0v) is 10.8. The maximum atomic E-state index is 13.5. The van der Waals surface area contributed by atoms with Gasteiger partial charge in [0.05, 0.1) is 6.54 Å². The van der Waals surface area contributed by atoms with Gasteiger partial charge in [-0.25, -0.2) is 4.39 Å². The van der Waals surface area contributed by atoms with Crippen LogP contribution in [0.25, 0.3) is 0 Å². The number of carbonyl (C=O) groups excluding carboxylic acids is 1. The van der Waals surface area contributed by atoms with Gasteiger partial charge in [-0.2, -0.15) is 0 Å². The number of benzene rings is 1. The van der Waals surface area contributed by atoms with Gasteiger partial charge in [-0.15, -0.1) is 0 Å². The first-order valence-corrected chi connectivity index (χ1v) is 5.72. The van der Waals surface area contributed by atoms with Crippen molar-refractivity contribution in [3.05, 3.63) is 34.1 Å². The number of rotatable bonds is 4. The van der Waals surface area contributed by atoms with E-state index in [9.17, 15) is 9.18 Å². The molecule has 5 heteroatoms. The van der Waals surface area contributed by atoms with Gasteiger partial charge in [-0.1, -0.05) is 22.0 Å². The summed E-state index contributed by atoms with van der Waals surface area (Å²) in [6.45, 7) is 1.99. The predicted molar refractivity (Wildman–Crippen MR) is 64.6 cm³/mol. The second-order valence-electron chi connectivity index (χ2n) is 3.44. The molecule has 88 valence electrons. The Morgan fingerprint density at radius 3 is 2.81 bits per heavy atom. The van der Waals surface area contributed by atoms with Crippen LogP contribution in [-0.2, 0) is 4.79 Å². The van der Waals surface area contributed by atoms with Gasteiger partial charge in [0.15, 0.2) is 0 Å². The van der Waals surface area contributed by atoms with E-state index in [2.05, 4.69) is 26.6 Å². The fourth-order valence-corrected chi connectivity index (χ4v) is 1.63. The minimum absolute atomic E-state index is 0.121. The number of hydrogen-bond donors (Lipinski definition) is 2. The highest BCUT2D eigenvalue weighted by molar-refractivity contribution is 9.10. The van der Waals surface area contributed by atoms with E-state index < -0.39 is 0 Å². The van der Waals surface area contributed by atoms with Gasteiger partial charge in [-0.3, -0.25) is 4.79 Å². The first-order valence-electron chi connectivity index (χ1n) is 4.93. The third-order valence-corrected chi connectivity index (χ3v) is 2.77. The third-order valence-electron chi connectivity index (χ3n) is 2.28. The van der Waals surface area contributed by atoms with Crippen molar-refractivity contribution < 1.29 is 9.18 Å². The highest BCUT2D eigenvalue weighted by atomic mass is 79.9. The molecular formula is C11H14BrFN2O. The molecule has 0 fully saturated rings. The van der Waals surface area contributed by atoms with Gasteiger partial charge in [0.2, 0.25) is 5.91 Å². The molecule has 16 heavy (non-hydrogen) atoms. The van der Waals surface area contributed by atoms with E-state index in [-0.39, 0.29) is 24.3 Å². The smallest absolute Gasteiger partial charge is 0.233 e. The summed E-state index contributed by atoms with van der Waals surface area (Å²) in [6.07, 6.45) is 0. The number of nitrogens with one attached hydrogen (secondary N) is 2. The summed E-state index contributed by atoms with van der Waals surface area (Å²) in [6, 6.07) is 4.68. The van der Waals surface area contributed by atoms with Gasteiger partial charge in [-0.05, 0) is 19.1 Å². The van der Waals surface area contributed by atoms with Crippen molar-refractivity contribution in [2.45, 2.75) is 13.0 Å². The molecule has 0 heterocycles. The van der Waals surface area contributed by atoms with Gasteiger partial charge in [0.1, 0.15) is 5.82 Å². The molecule has 0 radical (unpaired) electrons. The molecule has 1 atom stereocenters. The lowest BCUT2D eigenvalue weighted by Crippen LogP contribution is -2.33. The highest BCUT2D eigenvalue weighted by Gasteiger charge is 2.11. The zero-order valence-electron chi connectivity index (χ0n) is 9.18. The van der Waals surface area contributed by atoms with Gasteiger partial charge < -0.3 is 10.6 Å². The molecule has 1 aromatic rings. The van der Waals surface area contributed by atoms with Crippen LogP contribution in [0.4, 0.5) is 4.39 Å². The largest absolute Gasteiger partial charge is 0.358 e. The zero-order chi connectivity index (χ0) is 12.1. The lowest BCUT2D eigenvalue weighted by atomic mass is 10.1. The van der Waals surface area contributed by atoms with E-state index in [1.54, 1.807) is 19.2 Å². The summed E-state index contributed by atoms with van der Waals surface area (Å²) in [5.41, 5.74) is 0.548. The topological polar surface area (TPSA) is 41.1 Å². The van der Waals surface area contributed by atoms with Crippen LogP contribution in [0.15, 0.2) is 22.7 Å². The Labute approximate surface area is 103 Å². The molecule has 2 N–H and O–H groups in total. The van der Waals surface area contributed by atoms with E-state index in [1.165, 1.54) is 6.07 Å². The van der Waals surface area contributed by atoms with E-state index in [4.69, 9.17) is 0 Å². The van der Waals surface area contributed by atoms with Crippen molar-refractivity contribution in [2.24, 2.45) is 0 Å². The van der Waals surface area contributed by atoms with Gasteiger partial charge >= 0.3 is 0 Å². The molecule has 3 nitrogen and oxygen atoms in total. The average molecular weight is 289 g/mol. The van der Waals surface area contributed by atoms with E-state index in [0.29, 0.717) is 10.0 Å². The van der Waals surface area contributed by atoms with Crippen LogP contribution in [-0.4, -0.2) is 19.5 Å². The normalized spacial score (nSPS) is 12.2. The lowest BCUT2D eigenvalue weighted by molar-refractivity contribution is -0.119. The third kappa shape index (κ3) is 3.57. The quantitative estimate of drug-likeness (QED) is 0.890. The van der Waals surface area contributed by atoms with Crippen LogP contribution in [0.1, 0.15) is 18.5 Å². The molecule has 0 aliphatic rings. The molecule has 0 bridgehead atoms. The Bertz CT molecular complexity index is 384. The number of hydrogen-bond acceptors (Lipinski definition) is 2. The molecule has 1 amide bonds. The van der Waals surface area contributed by atoms with Gasteiger partial charge in [0, 0.05) is 23.1 Å². The minimum atomic E-state index is -0.286. The Morgan fingerprint density at radius 1 is 1.56 bits per heavy atom. The summed E-state index contributed by atoms with van der Waals surface area (Å²) in [5.74, 6) is -0.407. The second kappa shape index (κ2) is 5.96. The molecule has 0 saturated heterocycles. The van der Waals surface area contributed by atoms with E-state index in [1.807, 2.05) is 6.92 Å². The molecule has 0 aliphatic carbocycles. The van der Waals surface area contributed by atoms with Crippen molar-refractivity contribution in [3.8, 4) is 0 Å². The number of carbonyl (C=O) groups is 1. The second-order valence-corrected chi connectivity index (χ2v) is 4.36. The Hall–Kier alpha value is -0.940.